The predicted octanol–water partition coefficient (Wildman–Crippen LogP) is 1.77. The fraction of sp³-hybridized carbons (Fsp3) is 0.545. The van der Waals surface area contributed by atoms with E-state index in [1.54, 1.807) is 0 Å². The van der Waals surface area contributed by atoms with Crippen LogP contribution in [0.2, 0.25) is 0 Å². The molecule has 17 heavy (non-hydrogen) atoms. The fourth-order valence-corrected chi connectivity index (χ4v) is 2.02. The van der Waals surface area contributed by atoms with Crippen molar-refractivity contribution in [2.45, 2.75) is 36.8 Å². The van der Waals surface area contributed by atoms with Gasteiger partial charge in [0.15, 0.2) is 5.69 Å². The number of nitrogens with zero attached hydrogens (tertiary/aromatic N) is 2. The molecule has 1 heterocycles. The third-order valence-corrected chi connectivity index (χ3v) is 3.18. The molecule has 1 rings (SSSR count). The first kappa shape index (κ1) is 13.9. The number of hydrogen-bond donors (Lipinski definition) is 2. The number of carboxylic acids is 1. The molecule has 0 radical (unpaired) electrons. The lowest BCUT2D eigenvalue weighted by molar-refractivity contribution is 0.0685. The number of hydrogen-bond acceptors (Lipinski definition) is 5. The summed E-state index contributed by atoms with van der Waals surface area (Å²) in [6.45, 7) is 5.61. The molecule has 6 heteroatoms. The van der Waals surface area contributed by atoms with E-state index in [0.29, 0.717) is 10.7 Å². The summed E-state index contributed by atoms with van der Waals surface area (Å²) in [6.07, 6.45) is 1.52. The van der Waals surface area contributed by atoms with E-state index in [1.165, 1.54) is 18.0 Å². The Labute approximate surface area is 104 Å². The minimum absolute atomic E-state index is 0.00833. The van der Waals surface area contributed by atoms with Gasteiger partial charge in [-0.15, -0.1) is 11.8 Å². The number of carbonyl (C=O) groups is 1. The quantitative estimate of drug-likeness (QED) is 0.781. The number of aromatic nitrogens is 2. The van der Waals surface area contributed by atoms with Gasteiger partial charge in [-0.05, 0) is 0 Å². The topological polar surface area (TPSA) is 83.3 Å². The van der Waals surface area contributed by atoms with Gasteiger partial charge in [-0.25, -0.2) is 14.8 Å². The van der Waals surface area contributed by atoms with Crippen LogP contribution in [0.4, 0.5) is 0 Å². The van der Waals surface area contributed by atoms with E-state index in [9.17, 15) is 4.79 Å². The zero-order valence-corrected chi connectivity index (χ0v) is 10.9. The number of carboxylic acid groups (broad SMARTS) is 1. The van der Waals surface area contributed by atoms with Crippen molar-refractivity contribution in [3.05, 3.63) is 17.7 Å². The minimum atomic E-state index is -1.07. The van der Waals surface area contributed by atoms with Crippen LogP contribution < -0.4 is 0 Å². The molecule has 1 unspecified atom stereocenters. The van der Waals surface area contributed by atoms with E-state index in [4.69, 9.17) is 10.2 Å². The highest BCUT2D eigenvalue weighted by atomic mass is 32.2. The highest BCUT2D eigenvalue weighted by Gasteiger charge is 2.17. The van der Waals surface area contributed by atoms with Crippen LogP contribution in [0.3, 0.4) is 0 Å². The van der Waals surface area contributed by atoms with Crippen LogP contribution in [0, 0.1) is 0 Å². The van der Waals surface area contributed by atoms with Gasteiger partial charge in [-0.1, -0.05) is 20.8 Å². The van der Waals surface area contributed by atoms with Crippen molar-refractivity contribution in [1.82, 2.24) is 9.97 Å². The Morgan fingerprint density at radius 1 is 1.47 bits per heavy atom. The summed E-state index contributed by atoms with van der Waals surface area (Å²) in [5.74, 6) is -0.465. The molecule has 0 bridgehead atoms. The zero-order valence-electron chi connectivity index (χ0n) is 10.0. The molecule has 94 valence electrons. The van der Waals surface area contributed by atoms with Gasteiger partial charge in [-0.2, -0.15) is 0 Å². The van der Waals surface area contributed by atoms with Gasteiger partial charge in [0, 0.05) is 17.4 Å². The maximum atomic E-state index is 11.1. The van der Waals surface area contributed by atoms with Crippen LogP contribution in [-0.2, 0) is 0 Å². The number of aliphatic hydroxyl groups is 1. The molecule has 1 aromatic rings. The zero-order chi connectivity index (χ0) is 13.0. The molecule has 2 N–H and O–H groups in total. The van der Waals surface area contributed by atoms with Gasteiger partial charge in [-0.3, -0.25) is 0 Å². The van der Waals surface area contributed by atoms with Crippen molar-refractivity contribution in [2.75, 3.05) is 6.61 Å². The normalized spacial score (nSPS) is 12.8. The third kappa shape index (κ3) is 3.67. The van der Waals surface area contributed by atoms with Gasteiger partial charge >= 0.3 is 5.97 Å². The fourth-order valence-electron chi connectivity index (χ4n) is 1.16. The largest absolute Gasteiger partial charge is 0.476 e. The minimum Gasteiger partial charge on any atom is -0.476 e. The molecule has 0 fully saturated rings. The van der Waals surface area contributed by atoms with Crippen molar-refractivity contribution < 1.29 is 15.0 Å². The summed E-state index contributed by atoms with van der Waals surface area (Å²) in [4.78, 5) is 19.8. The first-order valence-corrected chi connectivity index (χ1v) is 6.21. The molecule has 0 saturated carbocycles. The molecule has 0 aliphatic carbocycles. The third-order valence-electron chi connectivity index (χ3n) is 2.08. The van der Waals surface area contributed by atoms with Crippen molar-refractivity contribution >= 4 is 17.7 Å². The lowest BCUT2D eigenvalue weighted by atomic mass is 10.2. The molecular weight excluding hydrogens is 240 g/mol. The average molecular weight is 256 g/mol. The summed E-state index contributed by atoms with van der Waals surface area (Å²) in [5.41, 5.74) is 0.00833. The Morgan fingerprint density at radius 3 is 2.59 bits per heavy atom. The van der Waals surface area contributed by atoms with Crippen molar-refractivity contribution in [3.8, 4) is 0 Å². The maximum Gasteiger partial charge on any atom is 0.355 e. The monoisotopic (exact) mass is 256 g/mol. The van der Waals surface area contributed by atoms with Gasteiger partial charge in [0.1, 0.15) is 5.82 Å². The van der Waals surface area contributed by atoms with Gasteiger partial charge < -0.3 is 10.2 Å². The number of rotatable bonds is 5. The van der Waals surface area contributed by atoms with Crippen molar-refractivity contribution in [3.63, 3.8) is 0 Å². The number of aliphatic hydroxyl groups excluding tert-OH is 1. The molecule has 0 spiro atoms. The Hall–Kier alpha value is -1.14. The Bertz CT molecular complexity index is 410. The molecular formula is C11H16N2O3S. The second kappa shape index (κ2) is 5.97. The Kier molecular flexibility index (Phi) is 4.89. The van der Waals surface area contributed by atoms with Crippen LogP contribution in [0.1, 0.15) is 43.0 Å². The van der Waals surface area contributed by atoms with Crippen LogP contribution in [0.5, 0.6) is 0 Å². The lowest BCUT2D eigenvalue weighted by Crippen LogP contribution is -2.10. The second-order valence-corrected chi connectivity index (χ2v) is 5.49. The smallest absolute Gasteiger partial charge is 0.355 e. The first-order chi connectivity index (χ1) is 7.95. The van der Waals surface area contributed by atoms with Crippen LogP contribution in [0.15, 0.2) is 11.1 Å². The van der Waals surface area contributed by atoms with Crippen LogP contribution in [-0.4, -0.2) is 38.0 Å². The van der Waals surface area contributed by atoms with Gasteiger partial charge in [0.05, 0.1) is 11.5 Å². The van der Waals surface area contributed by atoms with Crippen molar-refractivity contribution in [2.24, 2.45) is 0 Å². The van der Waals surface area contributed by atoms with Crippen LogP contribution in [0.25, 0.3) is 0 Å². The van der Waals surface area contributed by atoms with E-state index >= 15 is 0 Å². The average Bonchev–Trinajstić information content (AvgIpc) is 2.28. The first-order valence-electron chi connectivity index (χ1n) is 5.33. The summed E-state index contributed by atoms with van der Waals surface area (Å²) < 4.78 is 0. The molecule has 0 saturated heterocycles. The molecule has 0 aliphatic heterocycles. The standard InChI is InChI=1S/C11H16N2O3S/c1-6(2)10-12-4-8(17-7(3)5-14)9(13-10)11(15)16/h4,6-7,14H,5H2,1-3H3,(H,15,16). The van der Waals surface area contributed by atoms with Crippen molar-refractivity contribution in [1.29, 1.82) is 0 Å². The summed E-state index contributed by atoms with van der Waals surface area (Å²) >= 11 is 1.26. The van der Waals surface area contributed by atoms with E-state index < -0.39 is 5.97 Å². The summed E-state index contributed by atoms with van der Waals surface area (Å²) in [7, 11) is 0. The van der Waals surface area contributed by atoms with E-state index in [2.05, 4.69) is 9.97 Å². The SMILES string of the molecule is CC(CO)Sc1cnc(C(C)C)nc1C(=O)O. The van der Waals surface area contributed by atoms with Crippen LogP contribution >= 0.6 is 11.8 Å². The Morgan fingerprint density at radius 2 is 2.12 bits per heavy atom. The molecule has 0 amide bonds. The molecule has 0 aromatic carbocycles. The number of aromatic carboxylic acids is 1. The molecule has 1 atom stereocenters. The van der Waals surface area contributed by atoms with E-state index in [1.807, 2.05) is 20.8 Å². The molecule has 0 aliphatic rings. The van der Waals surface area contributed by atoms with E-state index in [-0.39, 0.29) is 23.5 Å². The van der Waals surface area contributed by atoms with Gasteiger partial charge in [0.25, 0.3) is 0 Å². The summed E-state index contributed by atoms with van der Waals surface area (Å²) in [5, 5.41) is 18.0. The molecule has 5 nitrogen and oxygen atoms in total. The van der Waals surface area contributed by atoms with Gasteiger partial charge in [0.2, 0.25) is 0 Å². The lowest BCUT2D eigenvalue weighted by Gasteiger charge is -2.11. The predicted molar refractivity (Wildman–Crippen MR) is 65.5 cm³/mol. The summed E-state index contributed by atoms with van der Waals surface area (Å²) in [6, 6.07) is 0. The number of thioether (sulfide) groups is 1. The Balaban J connectivity index is 3.09. The van der Waals surface area contributed by atoms with E-state index in [0.717, 1.165) is 0 Å². The highest BCUT2D eigenvalue weighted by molar-refractivity contribution is 8.00. The highest BCUT2D eigenvalue weighted by Crippen LogP contribution is 2.26. The molecule has 1 aromatic heterocycles. The maximum absolute atomic E-state index is 11.1. The second-order valence-electron chi connectivity index (χ2n) is 4.01.